The molecule has 148 valence electrons. The van der Waals surface area contributed by atoms with Gasteiger partial charge in [0.1, 0.15) is 0 Å². The summed E-state index contributed by atoms with van der Waals surface area (Å²) >= 11 is 0. The number of carbonyl (C=O) groups is 1. The fourth-order valence-corrected chi connectivity index (χ4v) is 5.31. The topological polar surface area (TPSA) is 23.6 Å². The number of hydrogen-bond donors (Lipinski definition) is 0. The molecule has 0 bridgehead atoms. The van der Waals surface area contributed by atoms with Gasteiger partial charge in [0.15, 0.2) is 0 Å². The predicted octanol–water partition coefficient (Wildman–Crippen LogP) is 4.52. The molecule has 0 aromatic heterocycles. The second-order valence-corrected chi connectivity index (χ2v) is 8.45. The Morgan fingerprint density at radius 1 is 0.821 bits per heavy atom. The summed E-state index contributed by atoms with van der Waals surface area (Å²) in [7, 11) is 0. The van der Waals surface area contributed by atoms with Crippen molar-refractivity contribution in [2.24, 2.45) is 5.92 Å². The zero-order valence-electron chi connectivity index (χ0n) is 16.7. The summed E-state index contributed by atoms with van der Waals surface area (Å²) in [5, 5.41) is 0. The summed E-state index contributed by atoms with van der Waals surface area (Å²) in [6.45, 7) is 2.79. The molecule has 1 saturated carbocycles. The second-order valence-electron chi connectivity index (χ2n) is 8.45. The van der Waals surface area contributed by atoms with E-state index in [1.807, 2.05) is 0 Å². The van der Waals surface area contributed by atoms with Crippen LogP contribution in [0.4, 0.5) is 0 Å². The minimum Gasteiger partial charge on any atom is -0.339 e. The van der Waals surface area contributed by atoms with Crippen LogP contribution in [0.5, 0.6) is 0 Å². The Balaban J connectivity index is 1.62. The van der Waals surface area contributed by atoms with Gasteiger partial charge in [-0.15, -0.1) is 0 Å². The Morgan fingerprint density at radius 2 is 1.46 bits per heavy atom. The fraction of sp³-hybridized carbons (Fsp3) is 0.480. The summed E-state index contributed by atoms with van der Waals surface area (Å²) in [4.78, 5) is 16.7. The van der Waals surface area contributed by atoms with Crippen LogP contribution in [0.3, 0.4) is 0 Å². The summed E-state index contributed by atoms with van der Waals surface area (Å²) in [5.41, 5.74) is 2.71. The first-order chi connectivity index (χ1) is 13.8. The van der Waals surface area contributed by atoms with Crippen LogP contribution < -0.4 is 0 Å². The predicted molar refractivity (Wildman–Crippen MR) is 114 cm³/mol. The Labute approximate surface area is 169 Å². The van der Waals surface area contributed by atoms with E-state index in [4.69, 9.17) is 0 Å². The quantitative estimate of drug-likeness (QED) is 0.692. The average Bonchev–Trinajstić information content (AvgIpc) is 2.76. The molecule has 3 nitrogen and oxygen atoms in total. The van der Waals surface area contributed by atoms with Crippen LogP contribution in [-0.2, 0) is 17.8 Å². The van der Waals surface area contributed by atoms with Crippen LogP contribution in [0, 0.1) is 5.92 Å². The van der Waals surface area contributed by atoms with Crippen LogP contribution in [0.1, 0.15) is 43.2 Å². The molecule has 3 heteroatoms. The van der Waals surface area contributed by atoms with E-state index in [-0.39, 0.29) is 6.04 Å². The van der Waals surface area contributed by atoms with Gasteiger partial charge >= 0.3 is 0 Å². The third-order valence-corrected chi connectivity index (χ3v) is 6.67. The molecule has 1 aliphatic heterocycles. The van der Waals surface area contributed by atoms with Crippen LogP contribution in [-0.4, -0.2) is 41.4 Å². The Morgan fingerprint density at radius 3 is 2.11 bits per heavy atom. The van der Waals surface area contributed by atoms with Crippen molar-refractivity contribution in [3.8, 4) is 0 Å². The Bertz CT molecular complexity index is 727. The second kappa shape index (κ2) is 9.38. The molecule has 2 fully saturated rings. The fourth-order valence-electron chi connectivity index (χ4n) is 5.31. The third-order valence-electron chi connectivity index (χ3n) is 6.67. The molecular formula is C25H32N2O. The van der Waals surface area contributed by atoms with E-state index in [2.05, 4.69) is 70.5 Å². The van der Waals surface area contributed by atoms with E-state index in [0.29, 0.717) is 12.0 Å². The Kier molecular flexibility index (Phi) is 6.43. The van der Waals surface area contributed by atoms with Gasteiger partial charge in [0.2, 0.25) is 6.41 Å². The van der Waals surface area contributed by atoms with E-state index >= 15 is 0 Å². The van der Waals surface area contributed by atoms with Crippen LogP contribution in [0.25, 0.3) is 0 Å². The van der Waals surface area contributed by atoms with Crippen LogP contribution in [0.15, 0.2) is 60.7 Å². The lowest BCUT2D eigenvalue weighted by molar-refractivity contribution is -0.126. The average molecular weight is 377 g/mol. The van der Waals surface area contributed by atoms with E-state index in [1.165, 1.54) is 43.2 Å². The highest BCUT2D eigenvalue weighted by molar-refractivity contribution is 5.49. The number of hydrogen-bond acceptors (Lipinski definition) is 2. The molecule has 2 atom stereocenters. The molecule has 28 heavy (non-hydrogen) atoms. The number of piperazine rings is 1. The first-order valence-electron chi connectivity index (χ1n) is 10.9. The summed E-state index contributed by atoms with van der Waals surface area (Å²) in [6, 6.07) is 22.2. The van der Waals surface area contributed by atoms with Gasteiger partial charge in [0.25, 0.3) is 0 Å². The van der Waals surface area contributed by atoms with Crippen molar-refractivity contribution in [1.82, 2.24) is 9.80 Å². The molecule has 0 spiro atoms. The van der Waals surface area contributed by atoms with Crippen molar-refractivity contribution in [1.29, 1.82) is 0 Å². The van der Waals surface area contributed by atoms with Gasteiger partial charge in [-0.05, 0) is 36.3 Å². The van der Waals surface area contributed by atoms with Gasteiger partial charge in [-0.2, -0.15) is 0 Å². The highest BCUT2D eigenvalue weighted by Gasteiger charge is 2.40. The maximum atomic E-state index is 12.0. The van der Waals surface area contributed by atoms with Crippen molar-refractivity contribution in [2.45, 2.75) is 57.2 Å². The van der Waals surface area contributed by atoms with Gasteiger partial charge in [-0.3, -0.25) is 9.69 Å². The first kappa shape index (κ1) is 19.2. The summed E-state index contributed by atoms with van der Waals surface area (Å²) in [6.07, 6.45) is 8.68. The van der Waals surface area contributed by atoms with E-state index in [1.54, 1.807) is 0 Å². The lowest BCUT2D eigenvalue weighted by Gasteiger charge is -2.50. The highest BCUT2D eigenvalue weighted by Crippen LogP contribution is 2.35. The van der Waals surface area contributed by atoms with E-state index < -0.39 is 0 Å². The van der Waals surface area contributed by atoms with Gasteiger partial charge < -0.3 is 4.90 Å². The molecule has 2 aromatic carbocycles. The van der Waals surface area contributed by atoms with Crippen molar-refractivity contribution >= 4 is 6.41 Å². The lowest BCUT2D eigenvalue weighted by Crippen LogP contribution is -2.62. The first-order valence-corrected chi connectivity index (χ1v) is 10.9. The van der Waals surface area contributed by atoms with Gasteiger partial charge in [0.05, 0.1) is 6.04 Å². The zero-order valence-corrected chi connectivity index (χ0v) is 16.7. The lowest BCUT2D eigenvalue weighted by atomic mass is 9.77. The molecule has 0 radical (unpaired) electrons. The standard InChI is InChI=1S/C25H32N2O/c28-20-27-17-16-26(19-22-12-6-2-7-13-22)25(23-14-8-3-9-15-23)24(27)18-21-10-4-1-5-11-21/h1-2,4-7,10-13,20,23-25H,3,8-9,14-19H2. The molecule has 1 heterocycles. The maximum Gasteiger partial charge on any atom is 0.210 e. The molecular weight excluding hydrogens is 344 g/mol. The molecule has 1 aliphatic carbocycles. The zero-order chi connectivity index (χ0) is 19.2. The van der Waals surface area contributed by atoms with Gasteiger partial charge in [-0.25, -0.2) is 0 Å². The molecule has 4 rings (SSSR count). The van der Waals surface area contributed by atoms with Gasteiger partial charge in [0, 0.05) is 25.7 Å². The van der Waals surface area contributed by atoms with Crippen molar-refractivity contribution in [2.75, 3.05) is 13.1 Å². The van der Waals surface area contributed by atoms with Crippen molar-refractivity contribution in [3.63, 3.8) is 0 Å². The third kappa shape index (κ3) is 4.47. The maximum absolute atomic E-state index is 12.0. The minimum atomic E-state index is 0.264. The number of nitrogens with zero attached hydrogens (tertiary/aromatic N) is 2. The molecule has 2 aromatic rings. The minimum absolute atomic E-state index is 0.264. The molecule has 1 saturated heterocycles. The number of amides is 1. The Hall–Kier alpha value is -2.13. The summed E-state index contributed by atoms with van der Waals surface area (Å²) < 4.78 is 0. The molecule has 0 N–H and O–H groups in total. The highest BCUT2D eigenvalue weighted by atomic mass is 16.1. The molecule has 1 amide bonds. The number of rotatable bonds is 6. The molecule has 2 unspecified atom stereocenters. The molecule has 2 aliphatic rings. The normalized spacial score (nSPS) is 24.2. The smallest absolute Gasteiger partial charge is 0.210 e. The van der Waals surface area contributed by atoms with Gasteiger partial charge in [-0.1, -0.05) is 79.9 Å². The largest absolute Gasteiger partial charge is 0.339 e. The van der Waals surface area contributed by atoms with Crippen LogP contribution >= 0.6 is 0 Å². The number of carbonyl (C=O) groups excluding carboxylic acids is 1. The van der Waals surface area contributed by atoms with Crippen molar-refractivity contribution in [3.05, 3.63) is 71.8 Å². The van der Waals surface area contributed by atoms with Crippen LogP contribution in [0.2, 0.25) is 0 Å². The number of benzene rings is 2. The summed E-state index contributed by atoms with van der Waals surface area (Å²) in [5.74, 6) is 0.689. The van der Waals surface area contributed by atoms with Crippen molar-refractivity contribution < 1.29 is 4.79 Å². The van der Waals surface area contributed by atoms with E-state index in [0.717, 1.165) is 32.5 Å². The SMILES string of the molecule is O=CN1CCN(Cc2ccccc2)C(C2CCCCC2)C1Cc1ccccc1. The van der Waals surface area contributed by atoms with E-state index in [9.17, 15) is 4.79 Å². The monoisotopic (exact) mass is 376 g/mol.